The van der Waals surface area contributed by atoms with Crippen LogP contribution in [0.25, 0.3) is 0 Å². The Balaban J connectivity index is 3.00. The summed E-state index contributed by atoms with van der Waals surface area (Å²) in [4.78, 5) is 4.38. The molecule has 0 bridgehead atoms. The highest BCUT2D eigenvalue weighted by Crippen LogP contribution is 2.18. The zero-order valence-electron chi connectivity index (χ0n) is 9.29. The second-order valence-corrected chi connectivity index (χ2v) is 3.63. The lowest BCUT2D eigenvalue weighted by Gasteiger charge is -2.09. The van der Waals surface area contributed by atoms with Gasteiger partial charge in [0.05, 0.1) is 7.11 Å². The summed E-state index contributed by atoms with van der Waals surface area (Å²) in [7, 11) is 3.58. The number of hydrogen-bond donors (Lipinski definition) is 1. The van der Waals surface area contributed by atoms with Crippen LogP contribution in [0.15, 0.2) is 12.1 Å². The van der Waals surface area contributed by atoms with Gasteiger partial charge in [-0.1, -0.05) is 13.8 Å². The highest BCUT2D eigenvalue weighted by atomic mass is 16.5. The first-order chi connectivity index (χ1) is 6.67. The predicted molar refractivity (Wildman–Crippen MR) is 57.6 cm³/mol. The summed E-state index contributed by atoms with van der Waals surface area (Å²) in [5.41, 5.74) is 2.29. The number of methoxy groups -OCH3 is 1. The first kappa shape index (κ1) is 11.0. The molecule has 0 spiro atoms. The molecule has 3 nitrogen and oxygen atoms in total. The quantitative estimate of drug-likeness (QED) is 0.795. The minimum absolute atomic E-state index is 0.431. The molecule has 0 aliphatic carbocycles. The smallest absolute Gasteiger partial charge is 0.213 e. The number of ether oxygens (including phenoxy) is 1. The van der Waals surface area contributed by atoms with Gasteiger partial charge in [-0.25, -0.2) is 4.98 Å². The highest BCUT2D eigenvalue weighted by molar-refractivity contribution is 5.26. The monoisotopic (exact) mass is 194 g/mol. The largest absolute Gasteiger partial charge is 0.481 e. The van der Waals surface area contributed by atoms with Crippen molar-refractivity contribution in [3.05, 3.63) is 23.4 Å². The van der Waals surface area contributed by atoms with E-state index in [1.54, 1.807) is 7.11 Å². The Morgan fingerprint density at radius 3 is 2.64 bits per heavy atom. The molecule has 1 aromatic rings. The van der Waals surface area contributed by atoms with E-state index in [4.69, 9.17) is 4.74 Å². The number of pyridine rings is 1. The van der Waals surface area contributed by atoms with Crippen molar-refractivity contribution in [2.24, 2.45) is 0 Å². The molecule has 0 aliphatic rings. The van der Waals surface area contributed by atoms with E-state index in [0.29, 0.717) is 11.8 Å². The molecular formula is C11H18N2O. The molecule has 0 radical (unpaired) electrons. The lowest BCUT2D eigenvalue weighted by molar-refractivity contribution is 0.394. The zero-order chi connectivity index (χ0) is 10.6. The fourth-order valence-corrected chi connectivity index (χ4v) is 1.29. The van der Waals surface area contributed by atoms with Gasteiger partial charge in [-0.15, -0.1) is 0 Å². The SMILES string of the molecule is CNCc1cc(OC)nc(C(C)C)c1. The van der Waals surface area contributed by atoms with Crippen molar-refractivity contribution in [2.45, 2.75) is 26.3 Å². The molecule has 0 fully saturated rings. The van der Waals surface area contributed by atoms with E-state index < -0.39 is 0 Å². The molecule has 1 heterocycles. The van der Waals surface area contributed by atoms with Crippen molar-refractivity contribution >= 4 is 0 Å². The minimum Gasteiger partial charge on any atom is -0.481 e. The normalized spacial score (nSPS) is 10.6. The van der Waals surface area contributed by atoms with Crippen LogP contribution in [0.1, 0.15) is 31.0 Å². The summed E-state index contributed by atoms with van der Waals surface area (Å²) in [6.45, 7) is 5.11. The summed E-state index contributed by atoms with van der Waals surface area (Å²) in [5, 5.41) is 3.12. The summed E-state index contributed by atoms with van der Waals surface area (Å²) >= 11 is 0. The van der Waals surface area contributed by atoms with Crippen LogP contribution in [0.3, 0.4) is 0 Å². The molecule has 1 aromatic heterocycles. The Labute approximate surface area is 85.5 Å². The van der Waals surface area contributed by atoms with Gasteiger partial charge in [-0.3, -0.25) is 0 Å². The fourth-order valence-electron chi connectivity index (χ4n) is 1.29. The van der Waals surface area contributed by atoms with Crippen molar-refractivity contribution < 1.29 is 4.74 Å². The first-order valence-corrected chi connectivity index (χ1v) is 4.86. The van der Waals surface area contributed by atoms with Gasteiger partial charge in [0.25, 0.3) is 0 Å². The van der Waals surface area contributed by atoms with Crippen LogP contribution >= 0.6 is 0 Å². The van der Waals surface area contributed by atoms with Gasteiger partial charge in [0.15, 0.2) is 0 Å². The van der Waals surface area contributed by atoms with Crippen LogP contribution < -0.4 is 10.1 Å². The van der Waals surface area contributed by atoms with E-state index in [2.05, 4.69) is 30.2 Å². The molecule has 0 atom stereocenters. The average Bonchev–Trinajstić information content (AvgIpc) is 2.17. The Bertz CT molecular complexity index is 297. The van der Waals surface area contributed by atoms with Crippen LogP contribution in [0.2, 0.25) is 0 Å². The molecule has 0 amide bonds. The Hall–Kier alpha value is -1.09. The third-order valence-electron chi connectivity index (χ3n) is 2.06. The average molecular weight is 194 g/mol. The van der Waals surface area contributed by atoms with Gasteiger partial charge in [0, 0.05) is 18.3 Å². The Kier molecular flexibility index (Phi) is 3.89. The van der Waals surface area contributed by atoms with Crippen molar-refractivity contribution in [3.8, 4) is 5.88 Å². The van der Waals surface area contributed by atoms with E-state index in [0.717, 1.165) is 12.2 Å². The lowest BCUT2D eigenvalue weighted by atomic mass is 10.1. The molecule has 0 aromatic carbocycles. The third kappa shape index (κ3) is 2.70. The van der Waals surface area contributed by atoms with Crippen molar-refractivity contribution in [1.29, 1.82) is 0 Å². The van der Waals surface area contributed by atoms with Crippen LogP contribution in [-0.4, -0.2) is 19.1 Å². The van der Waals surface area contributed by atoms with E-state index in [-0.39, 0.29) is 0 Å². The van der Waals surface area contributed by atoms with Gasteiger partial charge < -0.3 is 10.1 Å². The third-order valence-corrected chi connectivity index (χ3v) is 2.06. The van der Waals surface area contributed by atoms with Gasteiger partial charge in [-0.05, 0) is 24.6 Å². The van der Waals surface area contributed by atoms with E-state index in [1.807, 2.05) is 13.1 Å². The molecule has 14 heavy (non-hydrogen) atoms. The summed E-state index contributed by atoms with van der Waals surface area (Å²) in [6, 6.07) is 4.08. The summed E-state index contributed by atoms with van der Waals surface area (Å²) in [5.74, 6) is 1.13. The topological polar surface area (TPSA) is 34.1 Å². The van der Waals surface area contributed by atoms with Crippen LogP contribution in [-0.2, 0) is 6.54 Å². The molecule has 0 aliphatic heterocycles. The molecule has 1 N–H and O–H groups in total. The summed E-state index contributed by atoms with van der Waals surface area (Å²) < 4.78 is 5.15. The standard InChI is InChI=1S/C11H18N2O/c1-8(2)10-5-9(7-12-3)6-11(13-10)14-4/h5-6,8,12H,7H2,1-4H3. The molecule has 1 rings (SSSR count). The molecule has 0 unspecified atom stereocenters. The highest BCUT2D eigenvalue weighted by Gasteiger charge is 2.05. The molecule has 3 heteroatoms. The van der Waals surface area contributed by atoms with Gasteiger partial charge in [-0.2, -0.15) is 0 Å². The molecule has 0 saturated carbocycles. The number of nitrogens with one attached hydrogen (secondary N) is 1. The maximum Gasteiger partial charge on any atom is 0.213 e. The van der Waals surface area contributed by atoms with Crippen LogP contribution in [0.5, 0.6) is 5.88 Å². The maximum absolute atomic E-state index is 5.15. The summed E-state index contributed by atoms with van der Waals surface area (Å²) in [6.07, 6.45) is 0. The van der Waals surface area contributed by atoms with Crippen molar-refractivity contribution in [1.82, 2.24) is 10.3 Å². The van der Waals surface area contributed by atoms with E-state index in [9.17, 15) is 0 Å². The first-order valence-electron chi connectivity index (χ1n) is 4.86. The Morgan fingerprint density at radius 2 is 2.14 bits per heavy atom. The number of rotatable bonds is 4. The maximum atomic E-state index is 5.15. The van der Waals surface area contributed by atoms with Crippen LogP contribution in [0, 0.1) is 0 Å². The van der Waals surface area contributed by atoms with Crippen LogP contribution in [0.4, 0.5) is 0 Å². The zero-order valence-corrected chi connectivity index (χ0v) is 9.29. The Morgan fingerprint density at radius 1 is 1.43 bits per heavy atom. The van der Waals surface area contributed by atoms with Gasteiger partial charge in [0.2, 0.25) is 5.88 Å². The number of hydrogen-bond acceptors (Lipinski definition) is 3. The second kappa shape index (κ2) is 4.96. The second-order valence-electron chi connectivity index (χ2n) is 3.63. The van der Waals surface area contributed by atoms with Crippen molar-refractivity contribution in [2.75, 3.05) is 14.2 Å². The number of nitrogens with zero attached hydrogens (tertiary/aromatic N) is 1. The molecule has 0 saturated heterocycles. The lowest BCUT2D eigenvalue weighted by Crippen LogP contribution is -2.07. The molecular weight excluding hydrogens is 176 g/mol. The van der Waals surface area contributed by atoms with E-state index >= 15 is 0 Å². The van der Waals surface area contributed by atoms with Gasteiger partial charge in [0.1, 0.15) is 0 Å². The predicted octanol–water partition coefficient (Wildman–Crippen LogP) is 1.93. The fraction of sp³-hybridized carbons (Fsp3) is 0.545. The minimum atomic E-state index is 0.431. The van der Waals surface area contributed by atoms with E-state index in [1.165, 1.54) is 5.56 Å². The number of aromatic nitrogens is 1. The van der Waals surface area contributed by atoms with Gasteiger partial charge >= 0.3 is 0 Å². The van der Waals surface area contributed by atoms with Crippen molar-refractivity contribution in [3.63, 3.8) is 0 Å². The molecule has 78 valence electrons.